The highest BCUT2D eigenvalue weighted by Crippen LogP contribution is 2.35. The second-order valence-electron chi connectivity index (χ2n) is 10.1. The Morgan fingerprint density at radius 3 is 2.59 bits per heavy atom. The summed E-state index contributed by atoms with van der Waals surface area (Å²) in [5.41, 5.74) is 4.81. The van der Waals surface area contributed by atoms with Crippen LogP contribution in [0.15, 0.2) is 24.5 Å². The van der Waals surface area contributed by atoms with Crippen molar-refractivity contribution in [2.75, 3.05) is 35.2 Å². The molecule has 1 aromatic carbocycles. The molecule has 14 heteroatoms. The van der Waals surface area contributed by atoms with Crippen molar-refractivity contribution >= 4 is 40.7 Å². The van der Waals surface area contributed by atoms with Crippen molar-refractivity contribution in [2.24, 2.45) is 11.7 Å². The number of benzene rings is 1. The van der Waals surface area contributed by atoms with Gasteiger partial charge in [0, 0.05) is 36.4 Å². The molecule has 2 saturated heterocycles. The first kappa shape index (κ1) is 28.7. The Morgan fingerprint density at radius 1 is 1.18 bits per heavy atom. The smallest absolute Gasteiger partial charge is 0.374 e. The van der Waals surface area contributed by atoms with E-state index in [1.54, 1.807) is 4.90 Å². The summed E-state index contributed by atoms with van der Waals surface area (Å²) in [5, 5.41) is 5.69. The maximum atomic E-state index is 15.3. The van der Waals surface area contributed by atoms with E-state index >= 15 is 4.39 Å². The fourth-order valence-corrected chi connectivity index (χ4v) is 5.36. The van der Waals surface area contributed by atoms with Gasteiger partial charge in [0.1, 0.15) is 12.4 Å². The number of hydrogen-bond acceptors (Lipinski definition) is 7. The van der Waals surface area contributed by atoms with E-state index in [0.717, 1.165) is 12.1 Å². The monoisotopic (exact) mass is 571 g/mol. The minimum atomic E-state index is -4.61. The standard InChI is InChI=1S/C25H30ClF4N7O2/c1-13(2)34-22-20(27)23(33-12-32-22)36-7-5-17(21(31)38)19(11-36)37-6-3-4-18(24(37)39)35-16-9-14(25(28,29)30)8-15(26)10-16/h8-10,12-13,17-19,35H,3-7,11H2,1-2H3,(H2,31,38)(H,32,33,34)/t17-,18+,19-/m0/s1. The van der Waals surface area contributed by atoms with Crippen LogP contribution in [0.2, 0.25) is 5.02 Å². The Balaban J connectivity index is 1.57. The van der Waals surface area contributed by atoms with Crippen LogP contribution >= 0.6 is 11.6 Å². The first-order chi connectivity index (χ1) is 18.3. The molecule has 1 aromatic heterocycles. The zero-order valence-electron chi connectivity index (χ0n) is 21.4. The number of alkyl halides is 3. The number of nitrogens with two attached hydrogens (primary N) is 1. The van der Waals surface area contributed by atoms with Crippen molar-refractivity contribution in [3.8, 4) is 0 Å². The fourth-order valence-electron chi connectivity index (χ4n) is 5.13. The summed E-state index contributed by atoms with van der Waals surface area (Å²) < 4.78 is 55.1. The maximum Gasteiger partial charge on any atom is 0.416 e. The summed E-state index contributed by atoms with van der Waals surface area (Å²) in [6.45, 7) is 4.38. The van der Waals surface area contributed by atoms with Crippen LogP contribution in [0, 0.1) is 11.7 Å². The van der Waals surface area contributed by atoms with Gasteiger partial charge in [0.25, 0.3) is 0 Å². The minimum absolute atomic E-state index is 0.0406. The molecular weight excluding hydrogens is 542 g/mol. The summed E-state index contributed by atoms with van der Waals surface area (Å²) >= 11 is 5.90. The minimum Gasteiger partial charge on any atom is -0.374 e. The molecule has 2 aliphatic heterocycles. The van der Waals surface area contributed by atoms with E-state index in [1.807, 2.05) is 13.8 Å². The normalized spacial score (nSPS) is 22.3. The van der Waals surface area contributed by atoms with Gasteiger partial charge in [-0.2, -0.15) is 17.6 Å². The summed E-state index contributed by atoms with van der Waals surface area (Å²) in [6, 6.07) is 1.42. The van der Waals surface area contributed by atoms with Crippen LogP contribution in [-0.4, -0.2) is 64.4 Å². The number of aromatic nitrogens is 2. The Kier molecular flexibility index (Phi) is 8.38. The van der Waals surface area contributed by atoms with E-state index in [-0.39, 0.29) is 47.9 Å². The average molecular weight is 572 g/mol. The van der Waals surface area contributed by atoms with Crippen molar-refractivity contribution in [3.05, 3.63) is 40.9 Å². The van der Waals surface area contributed by atoms with Crippen molar-refractivity contribution < 1.29 is 27.2 Å². The van der Waals surface area contributed by atoms with Gasteiger partial charge in [-0.1, -0.05) is 11.6 Å². The molecule has 3 heterocycles. The SMILES string of the molecule is CC(C)Nc1ncnc(N2CC[C@H](C(N)=O)[C@@H](N3CCC[C@@H](Nc4cc(Cl)cc(C(F)(F)F)c4)C3=O)C2)c1F. The quantitative estimate of drug-likeness (QED) is 0.432. The van der Waals surface area contributed by atoms with Gasteiger partial charge < -0.3 is 26.2 Å². The number of nitrogens with zero attached hydrogens (tertiary/aromatic N) is 4. The van der Waals surface area contributed by atoms with Crippen LogP contribution in [0.25, 0.3) is 0 Å². The van der Waals surface area contributed by atoms with Crippen LogP contribution in [0.1, 0.15) is 38.7 Å². The van der Waals surface area contributed by atoms with Crippen LogP contribution in [0.3, 0.4) is 0 Å². The predicted octanol–water partition coefficient (Wildman–Crippen LogP) is 3.89. The highest BCUT2D eigenvalue weighted by atomic mass is 35.5. The molecule has 3 atom stereocenters. The van der Waals surface area contributed by atoms with Crippen LogP contribution in [0.5, 0.6) is 0 Å². The number of amides is 2. The Bertz CT molecular complexity index is 1230. The molecular formula is C25H30ClF4N7O2. The number of piperidine rings is 2. The zero-order chi connectivity index (χ0) is 28.5. The molecule has 2 aliphatic rings. The van der Waals surface area contributed by atoms with Gasteiger partial charge in [-0.25, -0.2) is 9.97 Å². The number of anilines is 3. The molecule has 0 spiro atoms. The molecule has 0 aliphatic carbocycles. The maximum absolute atomic E-state index is 15.3. The number of halogens is 5. The second kappa shape index (κ2) is 11.4. The summed E-state index contributed by atoms with van der Waals surface area (Å²) in [5.74, 6) is -2.23. The van der Waals surface area contributed by atoms with E-state index in [4.69, 9.17) is 17.3 Å². The number of primary amides is 1. The number of hydrogen-bond donors (Lipinski definition) is 3. The lowest BCUT2D eigenvalue weighted by atomic mass is 9.87. The third-order valence-corrected chi connectivity index (χ3v) is 7.10. The van der Waals surface area contributed by atoms with Crippen LogP contribution < -0.4 is 21.3 Å². The highest BCUT2D eigenvalue weighted by Gasteiger charge is 2.43. The van der Waals surface area contributed by atoms with Crippen molar-refractivity contribution in [3.63, 3.8) is 0 Å². The summed E-state index contributed by atoms with van der Waals surface area (Å²) in [7, 11) is 0. The molecule has 0 radical (unpaired) electrons. The molecule has 4 rings (SSSR count). The van der Waals surface area contributed by atoms with Gasteiger partial charge in [0.05, 0.1) is 17.5 Å². The molecule has 2 aromatic rings. The first-order valence-electron chi connectivity index (χ1n) is 12.6. The number of nitrogens with one attached hydrogen (secondary N) is 2. The van der Waals surface area contributed by atoms with Crippen molar-refractivity contribution in [2.45, 2.75) is 57.4 Å². The largest absolute Gasteiger partial charge is 0.416 e. The van der Waals surface area contributed by atoms with Gasteiger partial charge >= 0.3 is 6.18 Å². The molecule has 212 valence electrons. The summed E-state index contributed by atoms with van der Waals surface area (Å²) in [6.07, 6.45) is -2.20. The van der Waals surface area contributed by atoms with Gasteiger partial charge in [0.2, 0.25) is 17.6 Å². The average Bonchev–Trinajstić information content (AvgIpc) is 2.85. The molecule has 4 N–H and O–H groups in total. The Morgan fingerprint density at radius 2 is 1.92 bits per heavy atom. The number of carbonyl (C=O) groups is 2. The topological polar surface area (TPSA) is 116 Å². The Labute approximate surface area is 228 Å². The molecule has 0 saturated carbocycles. The third kappa shape index (κ3) is 6.45. The lowest BCUT2D eigenvalue weighted by molar-refractivity contribution is -0.140. The van der Waals surface area contributed by atoms with E-state index in [1.165, 1.54) is 17.3 Å². The fraction of sp³-hybridized carbons (Fsp3) is 0.520. The molecule has 9 nitrogen and oxygen atoms in total. The lowest BCUT2D eigenvalue weighted by Crippen LogP contribution is -2.61. The van der Waals surface area contributed by atoms with E-state index in [2.05, 4.69) is 20.6 Å². The van der Waals surface area contributed by atoms with Gasteiger partial charge in [-0.05, 0) is 51.3 Å². The number of rotatable bonds is 7. The molecule has 2 amide bonds. The highest BCUT2D eigenvalue weighted by molar-refractivity contribution is 6.31. The van der Waals surface area contributed by atoms with E-state index in [0.29, 0.717) is 19.4 Å². The number of carbonyl (C=O) groups excluding carboxylic acids is 2. The lowest BCUT2D eigenvalue weighted by Gasteiger charge is -2.46. The van der Waals surface area contributed by atoms with Crippen LogP contribution in [-0.2, 0) is 15.8 Å². The van der Waals surface area contributed by atoms with Crippen molar-refractivity contribution in [1.82, 2.24) is 14.9 Å². The summed E-state index contributed by atoms with van der Waals surface area (Å²) in [4.78, 5) is 37.2. The van der Waals surface area contributed by atoms with Gasteiger partial charge in [-0.3, -0.25) is 9.59 Å². The van der Waals surface area contributed by atoms with Gasteiger partial charge in [-0.15, -0.1) is 0 Å². The molecule has 2 fully saturated rings. The predicted molar refractivity (Wildman–Crippen MR) is 139 cm³/mol. The number of likely N-dealkylation sites (tertiary alicyclic amines) is 1. The second-order valence-corrected chi connectivity index (χ2v) is 10.5. The first-order valence-corrected chi connectivity index (χ1v) is 13.0. The van der Waals surface area contributed by atoms with Crippen molar-refractivity contribution in [1.29, 1.82) is 0 Å². The van der Waals surface area contributed by atoms with Crippen LogP contribution in [0.4, 0.5) is 34.9 Å². The third-order valence-electron chi connectivity index (χ3n) is 6.88. The van der Waals surface area contributed by atoms with E-state index < -0.39 is 47.4 Å². The zero-order valence-corrected chi connectivity index (χ0v) is 22.2. The molecule has 0 unspecified atom stereocenters. The Hall–Kier alpha value is -3.35. The molecule has 39 heavy (non-hydrogen) atoms. The van der Waals surface area contributed by atoms with Gasteiger partial charge in [0.15, 0.2) is 11.6 Å². The van der Waals surface area contributed by atoms with E-state index in [9.17, 15) is 22.8 Å². The molecule has 0 bridgehead atoms.